The van der Waals surface area contributed by atoms with Crippen LogP contribution in [0.15, 0.2) is 12.2 Å². The summed E-state index contributed by atoms with van der Waals surface area (Å²) in [5, 5.41) is 2.57. The zero-order valence-electron chi connectivity index (χ0n) is 12.2. The zero-order chi connectivity index (χ0) is 15.0. The van der Waals surface area contributed by atoms with E-state index < -0.39 is 11.9 Å². The van der Waals surface area contributed by atoms with Crippen molar-refractivity contribution in [1.82, 2.24) is 5.32 Å². The summed E-state index contributed by atoms with van der Waals surface area (Å²) in [6.45, 7) is 8.71. The molecular formula is C14H23NO4. The second-order valence-corrected chi connectivity index (χ2v) is 5.00. The molecule has 19 heavy (non-hydrogen) atoms. The second-order valence-electron chi connectivity index (χ2n) is 5.00. The smallest absolute Gasteiger partial charge is 0.244 e. The first-order chi connectivity index (χ1) is 8.73. The third kappa shape index (κ3) is 8.26. The maximum absolute atomic E-state index is 11.6. The fourth-order valence-corrected chi connectivity index (χ4v) is 1.40. The molecule has 0 bridgehead atoms. The highest BCUT2D eigenvalue weighted by Gasteiger charge is 2.19. The van der Waals surface area contributed by atoms with E-state index in [9.17, 15) is 14.4 Å². The molecule has 0 aliphatic rings. The Morgan fingerprint density at radius 1 is 1.11 bits per heavy atom. The first-order valence-corrected chi connectivity index (χ1v) is 6.37. The van der Waals surface area contributed by atoms with E-state index in [2.05, 4.69) is 5.32 Å². The lowest BCUT2D eigenvalue weighted by atomic mass is 10.0. The molecule has 0 radical (unpaired) electrons. The molecule has 0 aromatic heterocycles. The molecule has 0 fully saturated rings. The van der Waals surface area contributed by atoms with Crippen molar-refractivity contribution in [3.8, 4) is 0 Å². The number of amides is 1. The van der Waals surface area contributed by atoms with Crippen LogP contribution in [0.3, 0.4) is 0 Å². The molecule has 0 rings (SSSR count). The van der Waals surface area contributed by atoms with Crippen LogP contribution in [-0.4, -0.2) is 36.2 Å². The van der Waals surface area contributed by atoms with Gasteiger partial charge in [0.15, 0.2) is 11.6 Å². The van der Waals surface area contributed by atoms with Gasteiger partial charge in [-0.1, -0.05) is 13.8 Å². The van der Waals surface area contributed by atoms with E-state index in [1.165, 1.54) is 6.92 Å². The van der Waals surface area contributed by atoms with Gasteiger partial charge >= 0.3 is 0 Å². The average molecular weight is 269 g/mol. The van der Waals surface area contributed by atoms with E-state index in [1.54, 1.807) is 0 Å². The number of ketones is 2. The van der Waals surface area contributed by atoms with Crippen molar-refractivity contribution >= 4 is 17.5 Å². The van der Waals surface area contributed by atoms with Crippen LogP contribution in [-0.2, 0) is 19.1 Å². The van der Waals surface area contributed by atoms with Crippen LogP contribution in [0.4, 0.5) is 0 Å². The van der Waals surface area contributed by atoms with Gasteiger partial charge in [-0.3, -0.25) is 14.4 Å². The van der Waals surface area contributed by atoms with E-state index >= 15 is 0 Å². The zero-order valence-corrected chi connectivity index (χ0v) is 12.2. The topological polar surface area (TPSA) is 72.5 Å². The molecule has 0 aromatic carbocycles. The minimum atomic E-state index is -0.529. The fourth-order valence-electron chi connectivity index (χ4n) is 1.40. The Labute approximate surface area is 114 Å². The van der Waals surface area contributed by atoms with Gasteiger partial charge in [-0.05, 0) is 32.8 Å². The molecule has 1 amide bonds. The van der Waals surface area contributed by atoms with Gasteiger partial charge in [-0.15, -0.1) is 0 Å². The number of ether oxygens (including phenoxy) is 1. The summed E-state index contributed by atoms with van der Waals surface area (Å²) in [6, 6.07) is -0.529. The van der Waals surface area contributed by atoms with E-state index in [4.69, 9.17) is 4.74 Å². The molecule has 1 unspecified atom stereocenters. The van der Waals surface area contributed by atoms with E-state index in [1.807, 2.05) is 27.7 Å². The maximum atomic E-state index is 11.6. The summed E-state index contributed by atoms with van der Waals surface area (Å²) in [5.41, 5.74) is 0. The summed E-state index contributed by atoms with van der Waals surface area (Å²) in [4.78, 5) is 34.2. The summed E-state index contributed by atoms with van der Waals surface area (Å²) < 4.78 is 5.11. The number of Topliss-reactive ketones (excluding diaryl/α,β-unsaturated/α-hetero) is 1. The molecule has 0 saturated carbocycles. The number of rotatable bonds is 8. The van der Waals surface area contributed by atoms with E-state index in [-0.39, 0.29) is 30.2 Å². The highest BCUT2D eigenvalue weighted by atomic mass is 16.5. The lowest BCUT2D eigenvalue weighted by molar-refractivity contribution is -0.125. The van der Waals surface area contributed by atoms with Crippen molar-refractivity contribution in [2.45, 2.75) is 46.8 Å². The van der Waals surface area contributed by atoms with E-state index in [0.717, 1.165) is 12.2 Å². The lowest BCUT2D eigenvalue weighted by Crippen LogP contribution is -2.42. The van der Waals surface area contributed by atoms with Crippen LogP contribution in [0.25, 0.3) is 0 Å². The molecule has 0 heterocycles. The molecule has 0 aromatic rings. The summed E-state index contributed by atoms with van der Waals surface area (Å²) in [6.07, 6.45) is 2.26. The number of carbonyl (C=O) groups is 3. The van der Waals surface area contributed by atoms with Crippen molar-refractivity contribution in [3.05, 3.63) is 12.2 Å². The van der Waals surface area contributed by atoms with E-state index in [0.29, 0.717) is 0 Å². The Kier molecular flexibility index (Phi) is 7.91. The molecule has 1 atom stereocenters. The largest absolute Gasteiger partial charge is 0.371 e. The van der Waals surface area contributed by atoms with Crippen molar-refractivity contribution < 1.29 is 19.1 Å². The SMILES string of the molecule is CC(=O)C(NC(=O)/C=C\C(=O)COC(C)C)C(C)C. The molecule has 108 valence electrons. The van der Waals surface area contributed by atoms with Crippen LogP contribution in [0.2, 0.25) is 0 Å². The van der Waals surface area contributed by atoms with Gasteiger partial charge < -0.3 is 10.1 Å². The predicted octanol–water partition coefficient (Wildman–Crippen LogP) is 1.27. The molecule has 0 spiro atoms. The van der Waals surface area contributed by atoms with Gasteiger partial charge in [0.25, 0.3) is 0 Å². The Morgan fingerprint density at radius 3 is 2.11 bits per heavy atom. The highest BCUT2D eigenvalue weighted by molar-refractivity contribution is 5.99. The average Bonchev–Trinajstić information content (AvgIpc) is 2.29. The summed E-state index contributed by atoms with van der Waals surface area (Å²) in [7, 11) is 0. The van der Waals surface area contributed by atoms with Gasteiger partial charge in [0.2, 0.25) is 5.91 Å². The molecule has 0 aliphatic carbocycles. The third-order valence-corrected chi connectivity index (χ3v) is 2.38. The van der Waals surface area contributed by atoms with Crippen molar-refractivity contribution in [2.24, 2.45) is 5.92 Å². The number of carbonyl (C=O) groups excluding carboxylic acids is 3. The Bertz CT molecular complexity index is 358. The third-order valence-electron chi connectivity index (χ3n) is 2.38. The molecular weight excluding hydrogens is 246 g/mol. The van der Waals surface area contributed by atoms with Gasteiger partial charge in [0.05, 0.1) is 12.1 Å². The maximum Gasteiger partial charge on any atom is 0.244 e. The van der Waals surface area contributed by atoms with Crippen LogP contribution in [0.5, 0.6) is 0 Å². The molecule has 5 heteroatoms. The van der Waals surface area contributed by atoms with Crippen LogP contribution in [0.1, 0.15) is 34.6 Å². The quantitative estimate of drug-likeness (QED) is 0.673. The van der Waals surface area contributed by atoms with Gasteiger partial charge in [-0.2, -0.15) is 0 Å². The highest BCUT2D eigenvalue weighted by Crippen LogP contribution is 2.02. The van der Waals surface area contributed by atoms with Gasteiger partial charge in [0.1, 0.15) is 6.61 Å². The minimum absolute atomic E-state index is 0.00910. The Morgan fingerprint density at radius 2 is 1.68 bits per heavy atom. The van der Waals surface area contributed by atoms with Crippen molar-refractivity contribution in [2.75, 3.05) is 6.61 Å². The minimum Gasteiger partial charge on any atom is -0.371 e. The Balaban J connectivity index is 4.29. The number of nitrogens with one attached hydrogen (secondary N) is 1. The van der Waals surface area contributed by atoms with Crippen LogP contribution >= 0.6 is 0 Å². The number of hydrogen-bond donors (Lipinski definition) is 1. The summed E-state index contributed by atoms with van der Waals surface area (Å²) >= 11 is 0. The molecule has 1 N–H and O–H groups in total. The molecule has 0 aliphatic heterocycles. The van der Waals surface area contributed by atoms with Gasteiger partial charge in [0, 0.05) is 6.08 Å². The molecule has 5 nitrogen and oxygen atoms in total. The summed E-state index contributed by atoms with van der Waals surface area (Å²) in [5.74, 6) is -0.833. The second kappa shape index (κ2) is 8.58. The normalized spacial score (nSPS) is 13.0. The fraction of sp³-hybridized carbons (Fsp3) is 0.643. The van der Waals surface area contributed by atoms with Crippen molar-refractivity contribution in [1.29, 1.82) is 0 Å². The molecule has 0 saturated heterocycles. The van der Waals surface area contributed by atoms with Crippen molar-refractivity contribution in [3.63, 3.8) is 0 Å². The first kappa shape index (κ1) is 17.5. The Hall–Kier alpha value is -1.49. The predicted molar refractivity (Wildman–Crippen MR) is 72.7 cm³/mol. The van der Waals surface area contributed by atoms with Crippen LogP contribution < -0.4 is 5.32 Å². The lowest BCUT2D eigenvalue weighted by Gasteiger charge is -2.18. The standard InChI is InChI=1S/C14H23NO4/c1-9(2)14(11(5)16)15-13(18)7-6-12(17)8-19-10(3)4/h6-7,9-10,14H,8H2,1-5H3,(H,15,18)/b7-6-. The monoisotopic (exact) mass is 269 g/mol. The first-order valence-electron chi connectivity index (χ1n) is 6.37. The van der Waals surface area contributed by atoms with Gasteiger partial charge in [-0.25, -0.2) is 0 Å². The van der Waals surface area contributed by atoms with Crippen LogP contribution in [0, 0.1) is 5.92 Å². The number of hydrogen-bond acceptors (Lipinski definition) is 4.